The Morgan fingerprint density at radius 3 is 2.95 bits per heavy atom. The molecule has 0 atom stereocenters. The molecule has 0 aliphatic carbocycles. The van der Waals surface area contributed by atoms with E-state index in [2.05, 4.69) is 0 Å². The van der Waals surface area contributed by atoms with E-state index in [4.69, 9.17) is 21.6 Å². The van der Waals surface area contributed by atoms with Gasteiger partial charge in [0.05, 0.1) is 6.61 Å². The third-order valence-corrected chi connectivity index (χ3v) is 3.13. The Bertz CT molecular complexity index is 738. The highest BCUT2D eigenvalue weighted by Gasteiger charge is 2.12. The molecule has 1 heterocycles. The molecule has 5 heteroatoms. The number of carbonyl (C=O) groups is 1. The highest BCUT2D eigenvalue weighted by molar-refractivity contribution is 6.31. The number of ether oxygens (including phenoxy) is 1. The van der Waals surface area contributed by atoms with Gasteiger partial charge in [0.25, 0.3) is 0 Å². The summed E-state index contributed by atoms with van der Waals surface area (Å²) >= 11 is 5.97. The molecule has 0 radical (unpaired) electrons. The molecule has 0 spiro atoms. The molecule has 102 valence electrons. The Morgan fingerprint density at radius 2 is 2.30 bits per heavy atom. The van der Waals surface area contributed by atoms with Gasteiger partial charge in [0.15, 0.2) is 0 Å². The van der Waals surface area contributed by atoms with Gasteiger partial charge < -0.3 is 9.30 Å². The third-order valence-electron chi connectivity index (χ3n) is 2.90. The van der Waals surface area contributed by atoms with Crippen molar-refractivity contribution in [3.63, 3.8) is 0 Å². The van der Waals surface area contributed by atoms with Crippen molar-refractivity contribution in [2.24, 2.45) is 7.05 Å². The van der Waals surface area contributed by atoms with Crippen molar-refractivity contribution in [3.8, 4) is 6.07 Å². The Morgan fingerprint density at radius 1 is 1.55 bits per heavy atom. The van der Waals surface area contributed by atoms with Crippen LogP contribution in [0.1, 0.15) is 12.5 Å². The van der Waals surface area contributed by atoms with E-state index in [0.29, 0.717) is 5.02 Å². The van der Waals surface area contributed by atoms with Crippen LogP contribution >= 0.6 is 11.6 Å². The number of rotatable bonds is 3. The molecule has 0 bridgehead atoms. The maximum atomic E-state index is 11.6. The molecule has 1 aromatic heterocycles. The highest BCUT2D eigenvalue weighted by atomic mass is 35.5. The fourth-order valence-electron chi connectivity index (χ4n) is 2.00. The molecule has 0 N–H and O–H groups in total. The molecule has 1 aromatic carbocycles. The summed E-state index contributed by atoms with van der Waals surface area (Å²) in [6.45, 7) is 1.94. The second-order valence-electron chi connectivity index (χ2n) is 4.25. The first-order valence-electron chi connectivity index (χ1n) is 6.10. The number of hydrogen-bond donors (Lipinski definition) is 0. The first-order chi connectivity index (χ1) is 9.56. The second-order valence-corrected chi connectivity index (χ2v) is 4.68. The molecule has 0 amide bonds. The lowest BCUT2D eigenvalue weighted by Gasteiger charge is -1.99. The van der Waals surface area contributed by atoms with Crippen molar-refractivity contribution in [2.75, 3.05) is 6.61 Å². The van der Waals surface area contributed by atoms with Crippen molar-refractivity contribution in [3.05, 3.63) is 40.6 Å². The average molecular weight is 289 g/mol. The van der Waals surface area contributed by atoms with Gasteiger partial charge in [0, 0.05) is 34.7 Å². The summed E-state index contributed by atoms with van der Waals surface area (Å²) in [7, 11) is 1.88. The van der Waals surface area contributed by atoms with Gasteiger partial charge in [-0.15, -0.1) is 0 Å². The van der Waals surface area contributed by atoms with Gasteiger partial charge in [-0.25, -0.2) is 4.79 Å². The van der Waals surface area contributed by atoms with E-state index in [1.807, 2.05) is 36.0 Å². The van der Waals surface area contributed by atoms with Gasteiger partial charge in [-0.1, -0.05) is 17.7 Å². The molecule has 0 fully saturated rings. The van der Waals surface area contributed by atoms with Crippen molar-refractivity contribution in [1.29, 1.82) is 5.26 Å². The number of nitrogens with zero attached hydrogens (tertiary/aromatic N) is 2. The lowest BCUT2D eigenvalue weighted by Crippen LogP contribution is -2.05. The predicted molar refractivity (Wildman–Crippen MR) is 78.2 cm³/mol. The minimum atomic E-state index is -0.610. The van der Waals surface area contributed by atoms with E-state index in [1.54, 1.807) is 13.0 Å². The summed E-state index contributed by atoms with van der Waals surface area (Å²) in [5.74, 6) is -0.610. The smallest absolute Gasteiger partial charge is 0.348 e. The number of halogens is 1. The lowest BCUT2D eigenvalue weighted by atomic mass is 10.1. The molecule has 0 unspecified atom stereocenters. The molecule has 20 heavy (non-hydrogen) atoms. The summed E-state index contributed by atoms with van der Waals surface area (Å²) in [5.41, 5.74) is 1.70. The van der Waals surface area contributed by atoms with Gasteiger partial charge in [-0.05, 0) is 25.1 Å². The largest absolute Gasteiger partial charge is 0.462 e. The molecule has 2 aromatic rings. The van der Waals surface area contributed by atoms with Crippen molar-refractivity contribution in [2.45, 2.75) is 6.92 Å². The number of nitriles is 1. The summed E-state index contributed by atoms with van der Waals surface area (Å²) < 4.78 is 6.74. The maximum Gasteiger partial charge on any atom is 0.348 e. The molecule has 0 saturated heterocycles. The highest BCUT2D eigenvalue weighted by Crippen LogP contribution is 2.25. The Hall–Kier alpha value is -2.25. The fraction of sp³-hybridized carbons (Fsp3) is 0.200. The Balaban J connectivity index is 2.53. The van der Waals surface area contributed by atoms with E-state index < -0.39 is 5.97 Å². The van der Waals surface area contributed by atoms with Gasteiger partial charge in [-0.3, -0.25) is 0 Å². The number of carbonyl (C=O) groups excluding carboxylic acids is 1. The standard InChI is InChI=1S/C15H13ClN2O2/c1-3-20-15(19)10(8-17)6-11-9-18(2)14-7-12(16)4-5-13(11)14/h4-7,9H,3H2,1-2H3/b10-6+. The van der Waals surface area contributed by atoms with Crippen LogP contribution in [0.25, 0.3) is 17.0 Å². The number of fused-ring (bicyclic) bond motifs is 1. The van der Waals surface area contributed by atoms with Gasteiger partial charge in [0.1, 0.15) is 11.6 Å². The molecule has 2 rings (SSSR count). The van der Waals surface area contributed by atoms with Crippen LogP contribution in [0.15, 0.2) is 30.0 Å². The summed E-state index contributed by atoms with van der Waals surface area (Å²) in [6.07, 6.45) is 3.38. The molecule has 4 nitrogen and oxygen atoms in total. The van der Waals surface area contributed by atoms with Crippen LogP contribution in [-0.2, 0) is 16.6 Å². The van der Waals surface area contributed by atoms with E-state index in [0.717, 1.165) is 16.5 Å². The van der Waals surface area contributed by atoms with Crippen LogP contribution in [0.3, 0.4) is 0 Å². The SMILES string of the molecule is CCOC(=O)/C(C#N)=C/c1cn(C)c2cc(Cl)ccc12. The maximum absolute atomic E-state index is 11.6. The van der Waals surface area contributed by atoms with Crippen LogP contribution in [0, 0.1) is 11.3 Å². The van der Waals surface area contributed by atoms with Crippen LogP contribution in [-0.4, -0.2) is 17.1 Å². The Kier molecular flexibility index (Phi) is 4.11. The average Bonchev–Trinajstić information content (AvgIpc) is 2.72. The fourth-order valence-corrected chi connectivity index (χ4v) is 2.17. The minimum Gasteiger partial charge on any atom is -0.462 e. The molecular weight excluding hydrogens is 276 g/mol. The van der Waals surface area contributed by atoms with E-state index in [1.165, 1.54) is 6.08 Å². The quantitative estimate of drug-likeness (QED) is 0.495. The molecule has 0 aliphatic heterocycles. The van der Waals surface area contributed by atoms with Gasteiger partial charge in [-0.2, -0.15) is 5.26 Å². The molecule has 0 saturated carbocycles. The number of benzene rings is 1. The zero-order chi connectivity index (χ0) is 14.7. The zero-order valence-electron chi connectivity index (χ0n) is 11.2. The Labute approximate surface area is 121 Å². The normalized spacial score (nSPS) is 11.4. The van der Waals surface area contributed by atoms with Crippen molar-refractivity contribution >= 4 is 34.5 Å². The topological polar surface area (TPSA) is 55.0 Å². The first-order valence-corrected chi connectivity index (χ1v) is 6.48. The zero-order valence-corrected chi connectivity index (χ0v) is 11.9. The monoisotopic (exact) mass is 288 g/mol. The lowest BCUT2D eigenvalue weighted by molar-refractivity contribution is -0.137. The third kappa shape index (κ3) is 2.68. The number of aromatic nitrogens is 1. The summed E-state index contributed by atoms with van der Waals surface area (Å²) in [6, 6.07) is 7.35. The molecule has 0 aliphatic rings. The van der Waals surface area contributed by atoms with Crippen LogP contribution in [0.4, 0.5) is 0 Å². The van der Waals surface area contributed by atoms with E-state index in [-0.39, 0.29) is 12.2 Å². The summed E-state index contributed by atoms with van der Waals surface area (Å²) in [4.78, 5) is 11.6. The number of hydrogen-bond acceptors (Lipinski definition) is 3. The van der Waals surface area contributed by atoms with E-state index >= 15 is 0 Å². The van der Waals surface area contributed by atoms with Crippen LogP contribution in [0.5, 0.6) is 0 Å². The number of esters is 1. The van der Waals surface area contributed by atoms with Gasteiger partial charge in [0.2, 0.25) is 0 Å². The van der Waals surface area contributed by atoms with Crippen molar-refractivity contribution in [1.82, 2.24) is 4.57 Å². The predicted octanol–water partition coefficient (Wildman–Crippen LogP) is 3.30. The van der Waals surface area contributed by atoms with E-state index in [9.17, 15) is 4.79 Å². The molecular formula is C15H13ClN2O2. The van der Waals surface area contributed by atoms with Gasteiger partial charge >= 0.3 is 5.97 Å². The number of aryl methyl sites for hydroxylation is 1. The minimum absolute atomic E-state index is 0.0192. The van der Waals surface area contributed by atoms with Crippen LogP contribution in [0.2, 0.25) is 5.02 Å². The first kappa shape index (κ1) is 14.2. The second kappa shape index (κ2) is 5.81. The van der Waals surface area contributed by atoms with Crippen LogP contribution < -0.4 is 0 Å². The van der Waals surface area contributed by atoms with Crippen molar-refractivity contribution < 1.29 is 9.53 Å². The summed E-state index contributed by atoms with van der Waals surface area (Å²) in [5, 5.41) is 10.6.